The number of nitrogens with zero attached hydrogens (tertiary/aromatic N) is 3. The SMILES string of the molecule is COc1c(C)cnc(CN2CCCCC2c2ncc[nH]2)c1C. The summed E-state index contributed by atoms with van der Waals surface area (Å²) in [6.45, 7) is 6.06. The molecule has 5 heteroatoms. The summed E-state index contributed by atoms with van der Waals surface area (Å²) in [5.41, 5.74) is 3.33. The Labute approximate surface area is 131 Å². The maximum absolute atomic E-state index is 5.53. The Morgan fingerprint density at radius 1 is 1.32 bits per heavy atom. The number of nitrogens with one attached hydrogen (secondary N) is 1. The number of hydrogen-bond acceptors (Lipinski definition) is 4. The van der Waals surface area contributed by atoms with Crippen molar-refractivity contribution in [1.29, 1.82) is 0 Å². The highest BCUT2D eigenvalue weighted by molar-refractivity contribution is 5.41. The number of methoxy groups -OCH3 is 1. The predicted molar refractivity (Wildman–Crippen MR) is 85.9 cm³/mol. The molecule has 0 spiro atoms. The van der Waals surface area contributed by atoms with E-state index in [-0.39, 0.29) is 0 Å². The van der Waals surface area contributed by atoms with Crippen LogP contribution >= 0.6 is 0 Å². The van der Waals surface area contributed by atoms with Gasteiger partial charge in [-0.1, -0.05) is 6.42 Å². The summed E-state index contributed by atoms with van der Waals surface area (Å²) in [6.07, 6.45) is 9.29. The molecule has 22 heavy (non-hydrogen) atoms. The first kappa shape index (κ1) is 15.0. The number of H-pyrrole nitrogens is 1. The number of aromatic amines is 1. The molecule has 2 aromatic heterocycles. The summed E-state index contributed by atoms with van der Waals surface area (Å²) in [5, 5.41) is 0. The number of rotatable bonds is 4. The lowest BCUT2D eigenvalue weighted by atomic mass is 10.0. The van der Waals surface area contributed by atoms with Crippen LogP contribution in [0.2, 0.25) is 0 Å². The van der Waals surface area contributed by atoms with Gasteiger partial charge in [0, 0.05) is 36.3 Å². The van der Waals surface area contributed by atoms with E-state index in [9.17, 15) is 0 Å². The Morgan fingerprint density at radius 3 is 2.91 bits per heavy atom. The topological polar surface area (TPSA) is 54.0 Å². The van der Waals surface area contributed by atoms with Crippen molar-refractivity contribution in [3.63, 3.8) is 0 Å². The standard InChI is InChI=1S/C17H24N4O/c1-12-10-20-14(13(2)16(12)22-3)11-21-9-5-4-6-15(21)17-18-7-8-19-17/h7-8,10,15H,4-6,9,11H2,1-3H3,(H,18,19). The molecule has 0 amide bonds. The van der Waals surface area contributed by atoms with E-state index in [1.54, 1.807) is 7.11 Å². The van der Waals surface area contributed by atoms with Gasteiger partial charge >= 0.3 is 0 Å². The van der Waals surface area contributed by atoms with Crippen molar-refractivity contribution in [1.82, 2.24) is 19.9 Å². The molecule has 1 saturated heterocycles. The van der Waals surface area contributed by atoms with Crippen molar-refractivity contribution in [3.05, 3.63) is 41.2 Å². The first-order chi connectivity index (χ1) is 10.7. The number of hydrogen-bond donors (Lipinski definition) is 1. The van der Waals surface area contributed by atoms with E-state index in [1.807, 2.05) is 25.5 Å². The number of pyridine rings is 1. The molecule has 1 aliphatic rings. The van der Waals surface area contributed by atoms with Gasteiger partial charge in [-0.25, -0.2) is 4.98 Å². The van der Waals surface area contributed by atoms with E-state index >= 15 is 0 Å². The van der Waals surface area contributed by atoms with Gasteiger partial charge in [0.1, 0.15) is 11.6 Å². The van der Waals surface area contributed by atoms with Crippen LogP contribution in [0.25, 0.3) is 0 Å². The van der Waals surface area contributed by atoms with E-state index < -0.39 is 0 Å². The van der Waals surface area contributed by atoms with Crippen LogP contribution in [0.15, 0.2) is 18.6 Å². The van der Waals surface area contributed by atoms with E-state index in [4.69, 9.17) is 4.74 Å². The Bertz CT molecular complexity index is 624. The lowest BCUT2D eigenvalue weighted by molar-refractivity contribution is 0.132. The molecule has 5 nitrogen and oxygen atoms in total. The molecule has 3 rings (SSSR count). The summed E-state index contributed by atoms with van der Waals surface area (Å²) in [5.74, 6) is 2.02. The van der Waals surface area contributed by atoms with Crippen LogP contribution < -0.4 is 4.74 Å². The Hall–Kier alpha value is -1.88. The maximum Gasteiger partial charge on any atom is 0.128 e. The molecule has 0 radical (unpaired) electrons. The highest BCUT2D eigenvalue weighted by Gasteiger charge is 2.26. The molecular weight excluding hydrogens is 276 g/mol. The fraction of sp³-hybridized carbons (Fsp3) is 0.529. The minimum atomic E-state index is 0.359. The van der Waals surface area contributed by atoms with Gasteiger partial charge in [0.05, 0.1) is 18.8 Å². The molecule has 2 aromatic rings. The van der Waals surface area contributed by atoms with E-state index in [0.717, 1.165) is 47.9 Å². The summed E-state index contributed by atoms with van der Waals surface area (Å²) < 4.78 is 5.53. The first-order valence-electron chi connectivity index (χ1n) is 7.93. The van der Waals surface area contributed by atoms with Crippen molar-refractivity contribution in [2.24, 2.45) is 0 Å². The molecular formula is C17H24N4O. The van der Waals surface area contributed by atoms with Crippen molar-refractivity contribution in [2.75, 3.05) is 13.7 Å². The number of likely N-dealkylation sites (tertiary alicyclic amines) is 1. The summed E-state index contributed by atoms with van der Waals surface area (Å²) >= 11 is 0. The molecule has 1 N–H and O–H groups in total. The number of piperidine rings is 1. The highest BCUT2D eigenvalue weighted by atomic mass is 16.5. The Balaban J connectivity index is 1.85. The van der Waals surface area contributed by atoms with Gasteiger partial charge in [-0.2, -0.15) is 0 Å². The molecule has 0 aliphatic carbocycles. The van der Waals surface area contributed by atoms with Crippen LogP contribution in [0.5, 0.6) is 5.75 Å². The lowest BCUT2D eigenvalue weighted by Crippen LogP contribution is -2.34. The van der Waals surface area contributed by atoms with Gasteiger partial charge in [-0.15, -0.1) is 0 Å². The average molecular weight is 300 g/mol. The fourth-order valence-electron chi connectivity index (χ4n) is 3.37. The molecule has 118 valence electrons. The maximum atomic E-state index is 5.53. The smallest absolute Gasteiger partial charge is 0.128 e. The molecule has 0 bridgehead atoms. The zero-order valence-corrected chi connectivity index (χ0v) is 13.6. The van der Waals surface area contributed by atoms with Crippen molar-refractivity contribution >= 4 is 0 Å². The minimum absolute atomic E-state index is 0.359. The van der Waals surface area contributed by atoms with Gasteiger partial charge in [-0.3, -0.25) is 9.88 Å². The zero-order chi connectivity index (χ0) is 15.5. The van der Waals surface area contributed by atoms with Gasteiger partial charge < -0.3 is 9.72 Å². The quantitative estimate of drug-likeness (QED) is 0.942. The van der Waals surface area contributed by atoms with Crippen LogP contribution in [0.3, 0.4) is 0 Å². The lowest BCUT2D eigenvalue weighted by Gasteiger charge is -2.34. The monoisotopic (exact) mass is 300 g/mol. The second-order valence-electron chi connectivity index (χ2n) is 6.00. The Morgan fingerprint density at radius 2 is 2.18 bits per heavy atom. The summed E-state index contributed by atoms with van der Waals surface area (Å²) in [4.78, 5) is 14.9. The van der Waals surface area contributed by atoms with Crippen LogP contribution in [0.1, 0.15) is 47.9 Å². The van der Waals surface area contributed by atoms with Crippen molar-refractivity contribution in [3.8, 4) is 5.75 Å². The largest absolute Gasteiger partial charge is 0.496 e. The van der Waals surface area contributed by atoms with Crippen LogP contribution in [-0.2, 0) is 6.54 Å². The van der Waals surface area contributed by atoms with E-state index in [0.29, 0.717) is 6.04 Å². The number of imidazole rings is 1. The number of aromatic nitrogens is 3. The van der Waals surface area contributed by atoms with Crippen LogP contribution in [0, 0.1) is 13.8 Å². The second-order valence-corrected chi connectivity index (χ2v) is 6.00. The minimum Gasteiger partial charge on any atom is -0.496 e. The molecule has 0 aromatic carbocycles. The molecule has 1 atom stereocenters. The van der Waals surface area contributed by atoms with Crippen molar-refractivity contribution < 1.29 is 4.74 Å². The normalized spacial score (nSPS) is 19.3. The first-order valence-corrected chi connectivity index (χ1v) is 7.93. The van der Waals surface area contributed by atoms with E-state index in [2.05, 4.69) is 26.8 Å². The second kappa shape index (κ2) is 6.48. The number of aryl methyl sites for hydroxylation is 1. The van der Waals surface area contributed by atoms with Gasteiger partial charge in [-0.05, 0) is 33.2 Å². The molecule has 0 saturated carbocycles. The predicted octanol–water partition coefficient (Wildman–Crippen LogP) is 3.16. The van der Waals surface area contributed by atoms with Crippen LogP contribution in [-0.4, -0.2) is 33.5 Å². The van der Waals surface area contributed by atoms with Gasteiger partial charge in [0.2, 0.25) is 0 Å². The fourth-order valence-corrected chi connectivity index (χ4v) is 3.37. The summed E-state index contributed by atoms with van der Waals surface area (Å²) in [6, 6.07) is 0.359. The third-order valence-electron chi connectivity index (χ3n) is 4.55. The number of ether oxygens (including phenoxy) is 1. The molecule has 1 unspecified atom stereocenters. The summed E-state index contributed by atoms with van der Waals surface area (Å²) in [7, 11) is 1.73. The zero-order valence-electron chi connectivity index (χ0n) is 13.6. The van der Waals surface area contributed by atoms with Gasteiger partial charge in [0.25, 0.3) is 0 Å². The third kappa shape index (κ3) is 2.86. The average Bonchev–Trinajstić information content (AvgIpc) is 3.05. The molecule has 1 aliphatic heterocycles. The highest BCUT2D eigenvalue weighted by Crippen LogP contribution is 2.32. The van der Waals surface area contributed by atoms with E-state index in [1.165, 1.54) is 12.8 Å². The molecule has 1 fully saturated rings. The van der Waals surface area contributed by atoms with Crippen molar-refractivity contribution in [2.45, 2.75) is 45.7 Å². The molecule has 3 heterocycles. The Kier molecular flexibility index (Phi) is 4.43. The van der Waals surface area contributed by atoms with Gasteiger partial charge in [0.15, 0.2) is 0 Å². The third-order valence-corrected chi connectivity index (χ3v) is 4.55. The van der Waals surface area contributed by atoms with Crippen LogP contribution in [0.4, 0.5) is 0 Å².